The Bertz CT molecular complexity index is 323. The van der Waals surface area contributed by atoms with Crippen LogP contribution < -0.4 is 5.73 Å². The first-order valence-electron chi connectivity index (χ1n) is 5.32. The number of nitrogens with two attached hydrogens (primary N) is 1. The lowest BCUT2D eigenvalue weighted by Gasteiger charge is -2.24. The third-order valence-electron chi connectivity index (χ3n) is 2.58. The van der Waals surface area contributed by atoms with Crippen molar-refractivity contribution in [3.05, 3.63) is 28.8 Å². The van der Waals surface area contributed by atoms with Gasteiger partial charge in [0.15, 0.2) is 0 Å². The van der Waals surface area contributed by atoms with Crippen molar-refractivity contribution in [1.82, 2.24) is 4.90 Å². The molecule has 0 atom stereocenters. The van der Waals surface area contributed by atoms with Gasteiger partial charge in [-0.1, -0.05) is 24.6 Å². The molecule has 1 rings (SSSR count). The minimum atomic E-state index is 0.548. The molecule has 2 nitrogen and oxygen atoms in total. The molecular weight excluding hydrogens is 208 g/mol. The summed E-state index contributed by atoms with van der Waals surface area (Å²) in [5.74, 6) is 0. The summed E-state index contributed by atoms with van der Waals surface area (Å²) in [6.45, 7) is 8.53. The Kier molecular flexibility index (Phi) is 4.43. The van der Waals surface area contributed by atoms with Crippen molar-refractivity contribution in [3.8, 4) is 0 Å². The topological polar surface area (TPSA) is 29.3 Å². The number of nitrogens with zero attached hydrogens (tertiary/aromatic N) is 1. The second kappa shape index (κ2) is 5.38. The maximum absolute atomic E-state index is 5.88. The molecule has 0 heterocycles. The first-order valence-corrected chi connectivity index (χ1v) is 5.70. The average molecular weight is 227 g/mol. The van der Waals surface area contributed by atoms with Crippen LogP contribution in [-0.2, 0) is 6.54 Å². The third-order valence-corrected chi connectivity index (χ3v) is 2.93. The molecule has 0 radical (unpaired) electrons. The van der Waals surface area contributed by atoms with Crippen molar-refractivity contribution in [2.75, 3.05) is 12.3 Å². The Labute approximate surface area is 97.0 Å². The van der Waals surface area contributed by atoms with Crippen LogP contribution in [0.3, 0.4) is 0 Å². The number of rotatable bonds is 4. The largest absolute Gasteiger partial charge is 0.398 e. The second-order valence-electron chi connectivity index (χ2n) is 4.01. The van der Waals surface area contributed by atoms with Gasteiger partial charge in [-0.05, 0) is 38.1 Å². The summed E-state index contributed by atoms with van der Waals surface area (Å²) in [7, 11) is 0. The summed E-state index contributed by atoms with van der Waals surface area (Å²) in [5.41, 5.74) is 7.64. The third kappa shape index (κ3) is 3.40. The Morgan fingerprint density at radius 1 is 1.40 bits per heavy atom. The minimum Gasteiger partial charge on any atom is -0.398 e. The zero-order chi connectivity index (χ0) is 11.4. The normalized spacial score (nSPS) is 11.3. The zero-order valence-corrected chi connectivity index (χ0v) is 10.4. The van der Waals surface area contributed by atoms with Gasteiger partial charge in [-0.15, -0.1) is 0 Å². The molecule has 15 heavy (non-hydrogen) atoms. The van der Waals surface area contributed by atoms with Gasteiger partial charge in [0.25, 0.3) is 0 Å². The number of halogens is 1. The lowest BCUT2D eigenvalue weighted by atomic mass is 10.1. The molecule has 0 fully saturated rings. The standard InChI is InChI=1S/C12H19ClN2/c1-4-15(9(2)3)8-10-5-6-11(13)12(14)7-10/h5-7,9H,4,8,14H2,1-3H3. The van der Waals surface area contributed by atoms with Gasteiger partial charge >= 0.3 is 0 Å². The van der Waals surface area contributed by atoms with Gasteiger partial charge in [-0.3, -0.25) is 4.90 Å². The fraction of sp³-hybridized carbons (Fsp3) is 0.500. The van der Waals surface area contributed by atoms with Crippen LogP contribution in [0.2, 0.25) is 5.02 Å². The number of nitrogen functional groups attached to an aromatic ring is 1. The number of benzene rings is 1. The van der Waals surface area contributed by atoms with E-state index in [1.807, 2.05) is 18.2 Å². The van der Waals surface area contributed by atoms with Crippen LogP contribution in [0.4, 0.5) is 5.69 Å². The van der Waals surface area contributed by atoms with Crippen LogP contribution >= 0.6 is 11.6 Å². The highest BCUT2D eigenvalue weighted by Gasteiger charge is 2.08. The Morgan fingerprint density at radius 2 is 2.07 bits per heavy atom. The molecule has 0 unspecified atom stereocenters. The highest BCUT2D eigenvalue weighted by molar-refractivity contribution is 6.33. The van der Waals surface area contributed by atoms with Crippen molar-refractivity contribution >= 4 is 17.3 Å². The van der Waals surface area contributed by atoms with Crippen LogP contribution in [0.5, 0.6) is 0 Å². The smallest absolute Gasteiger partial charge is 0.0635 e. The molecule has 0 aromatic heterocycles. The molecule has 1 aromatic carbocycles. The lowest BCUT2D eigenvalue weighted by molar-refractivity contribution is 0.225. The predicted octanol–water partition coefficient (Wildman–Crippen LogP) is 3.15. The molecule has 3 heteroatoms. The van der Waals surface area contributed by atoms with Crippen LogP contribution in [0.25, 0.3) is 0 Å². The molecule has 0 saturated carbocycles. The maximum Gasteiger partial charge on any atom is 0.0635 e. The summed E-state index contributed by atoms with van der Waals surface area (Å²) in [5, 5.41) is 0.631. The Balaban J connectivity index is 2.75. The van der Waals surface area contributed by atoms with E-state index in [1.165, 1.54) is 5.56 Å². The monoisotopic (exact) mass is 226 g/mol. The highest BCUT2D eigenvalue weighted by atomic mass is 35.5. The van der Waals surface area contributed by atoms with E-state index in [0.29, 0.717) is 16.8 Å². The van der Waals surface area contributed by atoms with Gasteiger partial charge < -0.3 is 5.73 Å². The van der Waals surface area contributed by atoms with E-state index in [9.17, 15) is 0 Å². The van der Waals surface area contributed by atoms with E-state index in [4.69, 9.17) is 17.3 Å². The van der Waals surface area contributed by atoms with E-state index in [0.717, 1.165) is 13.1 Å². The summed E-state index contributed by atoms with van der Waals surface area (Å²) in [4.78, 5) is 2.38. The van der Waals surface area contributed by atoms with Gasteiger partial charge in [-0.25, -0.2) is 0 Å². The average Bonchev–Trinajstić information content (AvgIpc) is 2.19. The van der Waals surface area contributed by atoms with E-state index < -0.39 is 0 Å². The molecule has 1 aromatic rings. The second-order valence-corrected chi connectivity index (χ2v) is 4.42. The quantitative estimate of drug-likeness (QED) is 0.800. The van der Waals surface area contributed by atoms with E-state index in [1.54, 1.807) is 0 Å². The summed E-state index contributed by atoms with van der Waals surface area (Å²) in [6.07, 6.45) is 0. The Morgan fingerprint density at radius 3 is 2.53 bits per heavy atom. The molecule has 0 aliphatic rings. The molecule has 0 saturated heterocycles. The lowest BCUT2D eigenvalue weighted by Crippen LogP contribution is -2.29. The summed E-state index contributed by atoms with van der Waals surface area (Å²) >= 11 is 5.88. The van der Waals surface area contributed by atoms with Gasteiger partial charge in [0.05, 0.1) is 10.7 Å². The Hall–Kier alpha value is -0.730. The maximum atomic E-state index is 5.88. The van der Waals surface area contributed by atoms with Gasteiger partial charge in [0.1, 0.15) is 0 Å². The molecule has 0 spiro atoms. The summed E-state index contributed by atoms with van der Waals surface area (Å²) < 4.78 is 0. The molecule has 0 amide bonds. The molecule has 0 bridgehead atoms. The first-order chi connectivity index (χ1) is 7.04. The fourth-order valence-corrected chi connectivity index (χ4v) is 1.70. The number of hydrogen-bond acceptors (Lipinski definition) is 2. The van der Waals surface area contributed by atoms with Crippen LogP contribution in [0, 0.1) is 0 Å². The van der Waals surface area contributed by atoms with E-state index in [2.05, 4.69) is 25.7 Å². The highest BCUT2D eigenvalue weighted by Crippen LogP contribution is 2.20. The van der Waals surface area contributed by atoms with Crippen molar-refractivity contribution < 1.29 is 0 Å². The van der Waals surface area contributed by atoms with Crippen LogP contribution in [0.15, 0.2) is 18.2 Å². The molecule has 2 N–H and O–H groups in total. The van der Waals surface area contributed by atoms with Crippen molar-refractivity contribution in [3.63, 3.8) is 0 Å². The SMILES string of the molecule is CCN(Cc1ccc(Cl)c(N)c1)C(C)C. The number of anilines is 1. The zero-order valence-electron chi connectivity index (χ0n) is 9.63. The minimum absolute atomic E-state index is 0.548. The van der Waals surface area contributed by atoms with Crippen molar-refractivity contribution in [2.24, 2.45) is 0 Å². The van der Waals surface area contributed by atoms with Gasteiger partial charge in [0, 0.05) is 12.6 Å². The van der Waals surface area contributed by atoms with Crippen molar-refractivity contribution in [2.45, 2.75) is 33.4 Å². The van der Waals surface area contributed by atoms with Crippen molar-refractivity contribution in [1.29, 1.82) is 0 Å². The molecular formula is C12H19ClN2. The van der Waals surface area contributed by atoms with Gasteiger partial charge in [0.2, 0.25) is 0 Å². The fourth-order valence-electron chi connectivity index (χ4n) is 1.59. The van der Waals surface area contributed by atoms with E-state index >= 15 is 0 Å². The molecule has 0 aliphatic carbocycles. The first kappa shape index (κ1) is 12.3. The van der Waals surface area contributed by atoms with Gasteiger partial charge in [-0.2, -0.15) is 0 Å². The van der Waals surface area contributed by atoms with E-state index in [-0.39, 0.29) is 0 Å². The molecule has 84 valence electrons. The predicted molar refractivity (Wildman–Crippen MR) is 67.1 cm³/mol. The van der Waals surface area contributed by atoms with Crippen LogP contribution in [0.1, 0.15) is 26.3 Å². The number of hydrogen-bond donors (Lipinski definition) is 1. The summed E-state index contributed by atoms with van der Waals surface area (Å²) in [6, 6.07) is 6.39. The molecule has 0 aliphatic heterocycles. The van der Waals surface area contributed by atoms with Crippen LogP contribution in [-0.4, -0.2) is 17.5 Å².